The molecule has 0 radical (unpaired) electrons. The highest BCUT2D eigenvalue weighted by atomic mass is 15.3. The van der Waals surface area contributed by atoms with E-state index < -0.39 is 0 Å². The van der Waals surface area contributed by atoms with Gasteiger partial charge < -0.3 is 11.2 Å². The van der Waals surface area contributed by atoms with E-state index in [1.807, 2.05) is 6.92 Å². The van der Waals surface area contributed by atoms with Crippen molar-refractivity contribution < 1.29 is 0 Å². The molecule has 1 aliphatic heterocycles. The van der Waals surface area contributed by atoms with E-state index in [2.05, 4.69) is 24.4 Å². The fraction of sp³-hybridized carbons (Fsp3) is 0.857. The Morgan fingerprint density at radius 3 is 2.40 bits per heavy atom. The van der Waals surface area contributed by atoms with Gasteiger partial charge in [0.1, 0.15) is 0 Å². The summed E-state index contributed by atoms with van der Waals surface area (Å²) in [7, 11) is 0. The summed E-state index contributed by atoms with van der Waals surface area (Å²) >= 11 is 0. The lowest BCUT2D eigenvalue weighted by Crippen LogP contribution is -2.44. The van der Waals surface area contributed by atoms with Gasteiger partial charge in [0, 0.05) is 0 Å². The summed E-state index contributed by atoms with van der Waals surface area (Å²) in [5.74, 6) is 0.552. The van der Waals surface area contributed by atoms with Crippen LogP contribution in [0.25, 0.3) is 0 Å². The standard InChI is InChI=1S/C7H15N3/c1-4(2)7-6(8)5(3)9-10-7/h4,6-7,10H,8H2,1-3H3. The van der Waals surface area contributed by atoms with E-state index in [9.17, 15) is 0 Å². The summed E-state index contributed by atoms with van der Waals surface area (Å²) in [4.78, 5) is 0. The van der Waals surface area contributed by atoms with Crippen molar-refractivity contribution in [1.82, 2.24) is 5.43 Å². The maximum Gasteiger partial charge on any atom is 0.0668 e. The molecule has 10 heavy (non-hydrogen) atoms. The zero-order valence-electron chi connectivity index (χ0n) is 6.76. The van der Waals surface area contributed by atoms with Gasteiger partial charge in [0.05, 0.1) is 17.8 Å². The number of nitrogens with two attached hydrogens (primary N) is 1. The number of rotatable bonds is 1. The Kier molecular flexibility index (Phi) is 1.94. The summed E-state index contributed by atoms with van der Waals surface area (Å²) in [5.41, 5.74) is 9.86. The number of hydrogen-bond acceptors (Lipinski definition) is 3. The summed E-state index contributed by atoms with van der Waals surface area (Å²) < 4.78 is 0. The van der Waals surface area contributed by atoms with Gasteiger partial charge in [0.15, 0.2) is 0 Å². The quantitative estimate of drug-likeness (QED) is 0.552. The number of nitrogens with zero attached hydrogens (tertiary/aromatic N) is 1. The normalized spacial score (nSPS) is 32.3. The topological polar surface area (TPSA) is 50.4 Å². The van der Waals surface area contributed by atoms with E-state index in [0.29, 0.717) is 12.0 Å². The molecule has 2 unspecified atom stereocenters. The van der Waals surface area contributed by atoms with Gasteiger partial charge in [-0.25, -0.2) is 0 Å². The van der Waals surface area contributed by atoms with Crippen molar-refractivity contribution in [3.05, 3.63) is 0 Å². The maximum absolute atomic E-state index is 5.83. The van der Waals surface area contributed by atoms with Gasteiger partial charge in [0.2, 0.25) is 0 Å². The molecule has 3 heteroatoms. The summed E-state index contributed by atoms with van der Waals surface area (Å²) in [5, 5.41) is 4.06. The Morgan fingerprint density at radius 1 is 1.60 bits per heavy atom. The molecular formula is C7H15N3. The van der Waals surface area contributed by atoms with Crippen LogP contribution < -0.4 is 11.2 Å². The predicted octanol–water partition coefficient (Wildman–Crippen LogP) is 0.317. The molecule has 0 bridgehead atoms. The number of hydrogen-bond donors (Lipinski definition) is 2. The molecule has 0 aromatic carbocycles. The molecule has 0 aromatic heterocycles. The van der Waals surface area contributed by atoms with Crippen LogP contribution in [0.4, 0.5) is 0 Å². The van der Waals surface area contributed by atoms with E-state index in [-0.39, 0.29) is 6.04 Å². The lowest BCUT2D eigenvalue weighted by atomic mass is 9.96. The highest BCUT2D eigenvalue weighted by Crippen LogP contribution is 2.10. The molecule has 3 nitrogen and oxygen atoms in total. The van der Waals surface area contributed by atoms with E-state index >= 15 is 0 Å². The van der Waals surface area contributed by atoms with Gasteiger partial charge in [-0.3, -0.25) is 0 Å². The first-order valence-corrected chi connectivity index (χ1v) is 3.68. The van der Waals surface area contributed by atoms with Crippen LogP contribution in [0.5, 0.6) is 0 Å². The molecule has 58 valence electrons. The molecule has 1 rings (SSSR count). The summed E-state index contributed by atoms with van der Waals surface area (Å²) in [6.45, 7) is 6.25. The fourth-order valence-electron chi connectivity index (χ4n) is 1.15. The maximum atomic E-state index is 5.83. The monoisotopic (exact) mass is 141 g/mol. The van der Waals surface area contributed by atoms with E-state index in [1.165, 1.54) is 0 Å². The third-order valence-corrected chi connectivity index (χ3v) is 1.98. The van der Waals surface area contributed by atoms with Crippen LogP contribution in [0.15, 0.2) is 5.10 Å². The van der Waals surface area contributed by atoms with Gasteiger partial charge >= 0.3 is 0 Å². The second-order valence-electron chi connectivity index (χ2n) is 3.18. The molecular weight excluding hydrogens is 126 g/mol. The molecule has 2 atom stereocenters. The third-order valence-electron chi connectivity index (χ3n) is 1.98. The minimum atomic E-state index is 0.111. The second-order valence-corrected chi connectivity index (χ2v) is 3.18. The average Bonchev–Trinajstić information content (AvgIpc) is 2.14. The van der Waals surface area contributed by atoms with Gasteiger partial charge in [0.25, 0.3) is 0 Å². The zero-order valence-corrected chi connectivity index (χ0v) is 6.76. The summed E-state index contributed by atoms with van der Waals surface area (Å²) in [6, 6.07) is 0.444. The average molecular weight is 141 g/mol. The van der Waals surface area contributed by atoms with Crippen molar-refractivity contribution in [3.8, 4) is 0 Å². The molecule has 0 saturated heterocycles. The van der Waals surface area contributed by atoms with Crippen LogP contribution in [0, 0.1) is 5.92 Å². The molecule has 0 amide bonds. The van der Waals surface area contributed by atoms with Gasteiger partial charge in [-0.05, 0) is 12.8 Å². The Bertz CT molecular complexity index is 151. The molecule has 1 aliphatic rings. The lowest BCUT2D eigenvalue weighted by molar-refractivity contribution is 0.414. The van der Waals surface area contributed by atoms with Crippen LogP contribution in [-0.4, -0.2) is 17.8 Å². The first-order valence-electron chi connectivity index (χ1n) is 3.68. The van der Waals surface area contributed by atoms with E-state index in [1.54, 1.807) is 0 Å². The van der Waals surface area contributed by atoms with Crippen LogP contribution in [0.3, 0.4) is 0 Å². The SMILES string of the molecule is CC1=NNC(C(C)C)C1N. The first-order chi connectivity index (χ1) is 4.63. The molecule has 1 heterocycles. The minimum Gasteiger partial charge on any atom is -0.321 e. The van der Waals surface area contributed by atoms with Crippen LogP contribution in [0.2, 0.25) is 0 Å². The molecule has 3 N–H and O–H groups in total. The van der Waals surface area contributed by atoms with Gasteiger partial charge in [-0.2, -0.15) is 5.10 Å². The second kappa shape index (κ2) is 2.58. The zero-order chi connectivity index (χ0) is 7.72. The Morgan fingerprint density at radius 2 is 2.20 bits per heavy atom. The van der Waals surface area contributed by atoms with Crippen molar-refractivity contribution in [3.63, 3.8) is 0 Å². The molecule has 0 aliphatic carbocycles. The largest absolute Gasteiger partial charge is 0.321 e. The molecule has 0 saturated carbocycles. The Labute approximate surface area is 61.7 Å². The minimum absolute atomic E-state index is 0.111. The van der Waals surface area contributed by atoms with E-state index in [0.717, 1.165) is 5.71 Å². The third kappa shape index (κ3) is 1.14. The van der Waals surface area contributed by atoms with Crippen LogP contribution in [-0.2, 0) is 0 Å². The smallest absolute Gasteiger partial charge is 0.0668 e. The highest BCUT2D eigenvalue weighted by molar-refractivity contribution is 5.89. The molecule has 0 spiro atoms. The van der Waals surface area contributed by atoms with E-state index in [4.69, 9.17) is 5.73 Å². The van der Waals surface area contributed by atoms with Crippen LogP contribution in [0.1, 0.15) is 20.8 Å². The molecule has 0 fully saturated rings. The van der Waals surface area contributed by atoms with Gasteiger partial charge in [-0.1, -0.05) is 13.8 Å². The van der Waals surface area contributed by atoms with Crippen LogP contribution >= 0.6 is 0 Å². The number of hydrazone groups is 1. The van der Waals surface area contributed by atoms with Crippen molar-refractivity contribution in [2.45, 2.75) is 32.9 Å². The highest BCUT2D eigenvalue weighted by Gasteiger charge is 2.27. The van der Waals surface area contributed by atoms with Crippen molar-refractivity contribution in [2.75, 3.05) is 0 Å². The predicted molar refractivity (Wildman–Crippen MR) is 42.8 cm³/mol. The van der Waals surface area contributed by atoms with Crippen molar-refractivity contribution in [1.29, 1.82) is 0 Å². The molecule has 0 aromatic rings. The fourth-order valence-corrected chi connectivity index (χ4v) is 1.15. The van der Waals surface area contributed by atoms with Gasteiger partial charge in [-0.15, -0.1) is 0 Å². The van der Waals surface area contributed by atoms with Crippen molar-refractivity contribution >= 4 is 5.71 Å². The summed E-state index contributed by atoms with van der Waals surface area (Å²) in [6.07, 6.45) is 0. The Balaban J connectivity index is 2.56. The van der Waals surface area contributed by atoms with Crippen molar-refractivity contribution in [2.24, 2.45) is 16.8 Å². The number of nitrogens with one attached hydrogen (secondary N) is 1. The first kappa shape index (κ1) is 7.54. The Hall–Kier alpha value is -0.570. The lowest BCUT2D eigenvalue weighted by Gasteiger charge is -2.18.